The molecule has 1 atom stereocenters. The molecule has 0 bridgehead atoms. The predicted octanol–water partition coefficient (Wildman–Crippen LogP) is 3.22. The van der Waals surface area contributed by atoms with E-state index in [9.17, 15) is 4.79 Å². The van der Waals surface area contributed by atoms with Crippen LogP contribution in [0.25, 0.3) is 0 Å². The van der Waals surface area contributed by atoms with E-state index in [0.29, 0.717) is 26.3 Å². The molecule has 5 rings (SSSR count). The van der Waals surface area contributed by atoms with Crippen molar-refractivity contribution in [2.75, 3.05) is 19.7 Å². The molecule has 1 amide bonds. The van der Waals surface area contributed by atoms with Gasteiger partial charge < -0.3 is 14.4 Å². The average Bonchev–Trinajstić information content (AvgIpc) is 3.27. The molecule has 2 saturated heterocycles. The van der Waals surface area contributed by atoms with Gasteiger partial charge in [0.25, 0.3) is 5.91 Å². The Kier molecular flexibility index (Phi) is 4.50. The lowest BCUT2D eigenvalue weighted by Gasteiger charge is -2.52. The minimum atomic E-state index is -0.215. The molecule has 2 aromatic heterocycles. The maximum atomic E-state index is 12.8. The second-order valence-electron chi connectivity index (χ2n) is 7.89. The van der Waals surface area contributed by atoms with Crippen molar-refractivity contribution in [3.63, 3.8) is 0 Å². The highest BCUT2D eigenvalue weighted by molar-refractivity contribution is 7.14. The summed E-state index contributed by atoms with van der Waals surface area (Å²) in [6.45, 7) is 2.65. The Morgan fingerprint density at radius 1 is 1.41 bits per heavy atom. The van der Waals surface area contributed by atoms with Crippen LogP contribution in [0.2, 0.25) is 0 Å². The lowest BCUT2D eigenvalue weighted by atomic mass is 9.84. The van der Waals surface area contributed by atoms with Gasteiger partial charge in [-0.2, -0.15) is 0 Å². The lowest BCUT2D eigenvalue weighted by Crippen LogP contribution is -2.67. The predicted molar refractivity (Wildman–Crippen MR) is 103 cm³/mol. The maximum Gasteiger partial charge on any atom is 0.264 e. The topological polar surface area (TPSA) is 51.7 Å². The van der Waals surface area contributed by atoms with E-state index in [1.807, 2.05) is 23.2 Å². The molecule has 0 aromatic carbocycles. The van der Waals surface area contributed by atoms with Crippen LogP contribution < -0.4 is 0 Å². The highest BCUT2D eigenvalue weighted by Crippen LogP contribution is 2.38. The zero-order chi connectivity index (χ0) is 18.3. The minimum Gasteiger partial charge on any atom is -0.373 e. The highest BCUT2D eigenvalue weighted by Gasteiger charge is 2.50. The van der Waals surface area contributed by atoms with Crippen molar-refractivity contribution in [2.45, 2.75) is 50.4 Å². The molecule has 2 aromatic rings. The fraction of sp³-hybridized carbons (Fsp3) is 0.524. The molecule has 27 heavy (non-hydrogen) atoms. The Morgan fingerprint density at radius 3 is 3.15 bits per heavy atom. The number of ether oxygens (including phenoxy) is 2. The van der Waals surface area contributed by atoms with Crippen molar-refractivity contribution in [1.29, 1.82) is 0 Å². The lowest BCUT2D eigenvalue weighted by molar-refractivity contribution is -0.187. The van der Waals surface area contributed by atoms with Crippen molar-refractivity contribution in [3.05, 3.63) is 51.5 Å². The molecular formula is C21H24N2O3S. The Morgan fingerprint density at radius 2 is 2.33 bits per heavy atom. The first-order chi connectivity index (χ1) is 13.2. The molecule has 2 aliphatic heterocycles. The number of nitrogens with zero attached hydrogens (tertiary/aromatic N) is 2. The second-order valence-corrected chi connectivity index (χ2v) is 9.03. The van der Waals surface area contributed by atoms with Crippen LogP contribution in [0, 0.1) is 0 Å². The summed E-state index contributed by atoms with van der Waals surface area (Å²) in [4.78, 5) is 21.2. The Bertz CT molecular complexity index is 808. The van der Waals surface area contributed by atoms with Gasteiger partial charge in [-0.25, -0.2) is 0 Å². The number of hydrogen-bond acceptors (Lipinski definition) is 5. The molecule has 0 saturated carbocycles. The van der Waals surface area contributed by atoms with E-state index in [2.05, 4.69) is 11.1 Å². The number of carbonyl (C=O) groups excluding carboxylic acids is 1. The van der Waals surface area contributed by atoms with E-state index >= 15 is 0 Å². The first kappa shape index (κ1) is 17.3. The second kappa shape index (κ2) is 7.00. The standard InChI is InChI=1S/C21H24N2O3S/c24-20(19-9-16-4-1-5-18(16)27-19)23-13-21(14-23)10-17(6-8-26-21)25-12-15-3-2-7-22-11-15/h2-3,7,9,11,17H,1,4-6,8,10,12-14H2/t17-/m1/s1. The zero-order valence-corrected chi connectivity index (χ0v) is 16.2. The van der Waals surface area contributed by atoms with Crippen molar-refractivity contribution in [3.8, 4) is 0 Å². The summed E-state index contributed by atoms with van der Waals surface area (Å²) in [7, 11) is 0. The number of carbonyl (C=O) groups is 1. The van der Waals surface area contributed by atoms with Gasteiger partial charge in [0.2, 0.25) is 0 Å². The van der Waals surface area contributed by atoms with Gasteiger partial charge in [-0.3, -0.25) is 9.78 Å². The first-order valence-corrected chi connectivity index (χ1v) is 10.6. The smallest absolute Gasteiger partial charge is 0.264 e. The number of pyridine rings is 1. The molecular weight excluding hydrogens is 360 g/mol. The first-order valence-electron chi connectivity index (χ1n) is 9.76. The van der Waals surface area contributed by atoms with Gasteiger partial charge in [0.1, 0.15) is 5.60 Å². The SMILES string of the molecule is O=C(c1cc2c(s1)CCC2)N1CC2(C[C@H](OCc3cccnc3)CCO2)C1. The van der Waals surface area contributed by atoms with Gasteiger partial charge in [0, 0.05) is 30.3 Å². The van der Waals surface area contributed by atoms with Crippen LogP contribution >= 0.6 is 11.3 Å². The largest absolute Gasteiger partial charge is 0.373 e. The summed E-state index contributed by atoms with van der Waals surface area (Å²) in [5.41, 5.74) is 2.26. The summed E-state index contributed by atoms with van der Waals surface area (Å²) in [6.07, 6.45) is 9.06. The molecule has 1 aliphatic carbocycles. The van der Waals surface area contributed by atoms with Crippen LogP contribution in [0.5, 0.6) is 0 Å². The van der Waals surface area contributed by atoms with Crippen molar-refractivity contribution in [1.82, 2.24) is 9.88 Å². The molecule has 3 aliphatic rings. The Hall–Kier alpha value is -1.76. The summed E-state index contributed by atoms with van der Waals surface area (Å²) in [5.74, 6) is 0.169. The van der Waals surface area contributed by atoms with Crippen LogP contribution in [0.4, 0.5) is 0 Å². The van der Waals surface area contributed by atoms with Crippen LogP contribution in [-0.2, 0) is 28.9 Å². The maximum absolute atomic E-state index is 12.8. The number of thiophene rings is 1. The molecule has 142 valence electrons. The number of aromatic nitrogens is 1. The number of rotatable bonds is 4. The number of hydrogen-bond donors (Lipinski definition) is 0. The van der Waals surface area contributed by atoms with E-state index < -0.39 is 0 Å². The summed E-state index contributed by atoms with van der Waals surface area (Å²) < 4.78 is 12.2. The van der Waals surface area contributed by atoms with Crippen LogP contribution in [-0.4, -0.2) is 47.2 Å². The van der Waals surface area contributed by atoms with Gasteiger partial charge in [-0.15, -0.1) is 11.3 Å². The molecule has 5 nitrogen and oxygen atoms in total. The van der Waals surface area contributed by atoms with E-state index in [-0.39, 0.29) is 17.6 Å². The van der Waals surface area contributed by atoms with Crippen molar-refractivity contribution >= 4 is 17.2 Å². The zero-order valence-electron chi connectivity index (χ0n) is 15.4. The van der Waals surface area contributed by atoms with Crippen LogP contribution in [0.1, 0.15) is 44.9 Å². The third-order valence-electron chi connectivity index (χ3n) is 5.86. The van der Waals surface area contributed by atoms with Crippen LogP contribution in [0.15, 0.2) is 30.6 Å². The summed E-state index contributed by atoms with van der Waals surface area (Å²) in [6, 6.07) is 6.08. The summed E-state index contributed by atoms with van der Waals surface area (Å²) in [5, 5.41) is 0. The molecule has 6 heteroatoms. The molecule has 1 spiro atoms. The monoisotopic (exact) mass is 384 g/mol. The quantitative estimate of drug-likeness (QED) is 0.812. The van der Waals surface area contributed by atoms with Gasteiger partial charge in [-0.1, -0.05) is 6.07 Å². The Labute approximate surface area is 163 Å². The van der Waals surface area contributed by atoms with Gasteiger partial charge in [-0.05, 0) is 48.9 Å². The van der Waals surface area contributed by atoms with Gasteiger partial charge >= 0.3 is 0 Å². The number of aryl methyl sites for hydroxylation is 2. The highest BCUT2D eigenvalue weighted by atomic mass is 32.1. The normalized spacial score (nSPS) is 23.3. The molecule has 0 radical (unpaired) electrons. The third-order valence-corrected chi connectivity index (χ3v) is 7.08. The molecule has 4 heterocycles. The third kappa shape index (κ3) is 3.42. The van der Waals surface area contributed by atoms with E-state index in [1.165, 1.54) is 16.9 Å². The Balaban J connectivity index is 1.16. The number of amides is 1. The van der Waals surface area contributed by atoms with Crippen LogP contribution in [0.3, 0.4) is 0 Å². The molecule has 0 unspecified atom stereocenters. The average molecular weight is 385 g/mol. The van der Waals surface area contributed by atoms with Gasteiger partial charge in [0.15, 0.2) is 0 Å². The number of fused-ring (bicyclic) bond motifs is 1. The minimum absolute atomic E-state index is 0.169. The van der Waals surface area contributed by atoms with E-state index in [0.717, 1.165) is 36.1 Å². The van der Waals surface area contributed by atoms with Crippen molar-refractivity contribution < 1.29 is 14.3 Å². The van der Waals surface area contributed by atoms with Gasteiger partial charge in [0.05, 0.1) is 30.7 Å². The molecule has 2 fully saturated rings. The molecule has 0 N–H and O–H groups in total. The van der Waals surface area contributed by atoms with E-state index in [1.54, 1.807) is 17.5 Å². The fourth-order valence-electron chi connectivity index (χ4n) is 4.43. The van der Waals surface area contributed by atoms with E-state index in [4.69, 9.17) is 9.47 Å². The summed E-state index contributed by atoms with van der Waals surface area (Å²) >= 11 is 1.69. The van der Waals surface area contributed by atoms with Crippen molar-refractivity contribution in [2.24, 2.45) is 0 Å². The fourth-order valence-corrected chi connectivity index (χ4v) is 5.65. The number of likely N-dealkylation sites (tertiary alicyclic amines) is 1.